The normalized spacial score (nSPS) is 14.3. The third kappa shape index (κ3) is 76.0. The van der Waals surface area contributed by atoms with E-state index >= 15 is 0 Å². The van der Waals surface area contributed by atoms with Gasteiger partial charge in [-0.2, -0.15) is 0 Å². The first-order valence-electron chi connectivity index (χ1n) is 40.1. The maximum Gasteiger partial charge on any atom is 0.472 e. The molecule has 5 atom stereocenters. The number of rotatable bonds is 80. The molecule has 0 spiro atoms. The molecule has 0 aromatic rings. The largest absolute Gasteiger partial charge is 0.472 e. The van der Waals surface area contributed by atoms with Gasteiger partial charge in [-0.05, 0) is 128 Å². The molecule has 2 unspecified atom stereocenters. The van der Waals surface area contributed by atoms with Crippen molar-refractivity contribution in [1.29, 1.82) is 0 Å². The van der Waals surface area contributed by atoms with Crippen molar-refractivity contribution in [1.82, 2.24) is 0 Å². The number of esters is 2. The highest BCUT2D eigenvalue weighted by Gasteiger charge is 2.29. The van der Waals surface area contributed by atoms with Crippen molar-refractivity contribution in [3.8, 4) is 0 Å². The molecule has 0 bridgehead atoms. The van der Waals surface area contributed by atoms with Crippen molar-refractivity contribution in [2.24, 2.45) is 0 Å². The van der Waals surface area contributed by atoms with E-state index in [4.69, 9.17) is 37.0 Å². The molecule has 100 heavy (non-hydrogen) atoms. The second-order valence-electron chi connectivity index (χ2n) is 26.9. The lowest BCUT2D eigenvalue weighted by atomic mass is 10.0. The topological polar surface area (TPSA) is 237 Å². The number of ether oxygens (including phenoxy) is 4. The summed E-state index contributed by atoms with van der Waals surface area (Å²) in [6.07, 6.45) is 78.6. The molecule has 19 heteroatoms. The summed E-state index contributed by atoms with van der Waals surface area (Å²) < 4.78 is 69.9. The molecular formula is C81H146O17P2. The average Bonchev–Trinajstić information content (AvgIpc) is 1.02. The number of phosphoric ester groups is 2. The van der Waals surface area contributed by atoms with E-state index in [1.807, 2.05) is 6.08 Å². The van der Waals surface area contributed by atoms with Crippen molar-refractivity contribution in [2.45, 2.75) is 366 Å². The maximum absolute atomic E-state index is 13.1. The van der Waals surface area contributed by atoms with Gasteiger partial charge >= 0.3 is 27.6 Å². The van der Waals surface area contributed by atoms with Crippen LogP contribution in [0, 0.1) is 0 Å². The third-order valence-corrected chi connectivity index (χ3v) is 19.1. The second-order valence-corrected chi connectivity index (χ2v) is 29.8. The van der Waals surface area contributed by atoms with E-state index in [-0.39, 0.29) is 32.0 Å². The van der Waals surface area contributed by atoms with E-state index in [1.54, 1.807) is 0 Å². The molecule has 0 fully saturated rings. The van der Waals surface area contributed by atoms with Gasteiger partial charge in [0.05, 0.1) is 33.0 Å². The third-order valence-electron chi connectivity index (χ3n) is 17.2. The van der Waals surface area contributed by atoms with Gasteiger partial charge in [0.2, 0.25) is 0 Å². The molecule has 0 aromatic carbocycles. The van der Waals surface area contributed by atoms with Gasteiger partial charge in [-0.1, -0.05) is 267 Å². The predicted molar refractivity (Wildman–Crippen MR) is 409 cm³/mol. The SMILES string of the molecule is CCCCC/C=C\C/C=C\C/C=C\C/C=C\CCCC(=O)O[C@H](COCCCCCCCCC/C=C\CCCCCCC=O)COP(=O)(O)OC[C@@H](O)COP(=O)(O)OC[C@@H](COC(=O)CCCCCCCCCCCCCCC)OCCCCCCCCC/C=C\CCCCCCC=O. The molecule has 0 aliphatic heterocycles. The standard InChI is InChI=1S/C81H146O17P2/c1-3-5-7-9-11-13-15-17-18-19-24-30-36-42-48-54-60-66-81(86)98-79(73-91-69-63-57-51-45-39-33-27-22-20-25-31-37-43-49-55-61-67-82)76-97-100(89,90)95-72-77(84)71-94-99(87,88)96-75-78(74-93-80(85)65-59-53-47-41-35-29-16-14-12-10-8-6-4-2)92-70-64-58-52-46-40-34-28-23-21-26-32-38-44-50-56-62-68-83/h11,13,17-18,20-21,24-26,30,42,48,67-68,77-79,84H,3-10,12,14-16,19,22-23,27-29,31-41,43-47,49-66,69-76H2,1-2H3,(H,87,88)(H,89,90)/b13-11-,18-17-,25-20-,26-21-,30-24-,48-42-/t77-,78+,79+/m0/s1. The van der Waals surface area contributed by atoms with Crippen molar-refractivity contribution in [2.75, 3.05) is 52.9 Å². The molecule has 0 saturated heterocycles. The van der Waals surface area contributed by atoms with Crippen LogP contribution in [-0.4, -0.2) is 111 Å². The fourth-order valence-corrected chi connectivity index (χ4v) is 12.6. The van der Waals surface area contributed by atoms with E-state index in [9.17, 15) is 43.2 Å². The Morgan fingerprint density at radius 3 is 1.07 bits per heavy atom. The molecule has 3 N–H and O–H groups in total. The van der Waals surface area contributed by atoms with Crippen molar-refractivity contribution >= 4 is 40.2 Å². The van der Waals surface area contributed by atoms with E-state index in [0.717, 1.165) is 173 Å². The molecule has 0 aliphatic rings. The second kappa shape index (κ2) is 76.9. The van der Waals surface area contributed by atoms with Crippen LogP contribution in [0.1, 0.15) is 348 Å². The highest BCUT2D eigenvalue weighted by Crippen LogP contribution is 2.45. The molecule has 0 aliphatic carbocycles. The van der Waals surface area contributed by atoms with Gasteiger partial charge in [0, 0.05) is 38.9 Å². The smallest absolute Gasteiger partial charge is 0.463 e. The summed E-state index contributed by atoms with van der Waals surface area (Å²) in [5, 5.41) is 10.6. The minimum atomic E-state index is -4.87. The number of hydrogen-bond acceptors (Lipinski definition) is 15. The number of hydrogen-bond donors (Lipinski definition) is 3. The van der Waals surface area contributed by atoms with Crippen LogP contribution >= 0.6 is 15.6 Å². The molecule has 582 valence electrons. The van der Waals surface area contributed by atoms with Crippen molar-refractivity contribution < 1.29 is 80.2 Å². The zero-order valence-corrected chi connectivity index (χ0v) is 65.0. The van der Waals surface area contributed by atoms with Gasteiger partial charge in [0.15, 0.2) is 0 Å². The van der Waals surface area contributed by atoms with Gasteiger partial charge in [0.25, 0.3) is 0 Å². The molecule has 0 heterocycles. The number of aliphatic hydroxyl groups excluding tert-OH is 1. The fraction of sp³-hybridized carbons (Fsp3) is 0.802. The van der Waals surface area contributed by atoms with Crippen LogP contribution in [0.3, 0.4) is 0 Å². The average molecular weight is 1450 g/mol. The number of carbonyl (C=O) groups is 4. The van der Waals surface area contributed by atoms with Crippen LogP contribution in [0.5, 0.6) is 0 Å². The summed E-state index contributed by atoms with van der Waals surface area (Å²) in [5.74, 6) is -0.896. The lowest BCUT2D eigenvalue weighted by molar-refractivity contribution is -0.154. The first kappa shape index (κ1) is 96.8. The number of carbonyl (C=O) groups excluding carboxylic acids is 4. The predicted octanol–water partition coefficient (Wildman–Crippen LogP) is 22.5. The monoisotopic (exact) mass is 1450 g/mol. The van der Waals surface area contributed by atoms with Crippen LogP contribution in [0.4, 0.5) is 0 Å². The van der Waals surface area contributed by atoms with Crippen molar-refractivity contribution in [3.05, 3.63) is 72.9 Å². The molecule has 0 radical (unpaired) electrons. The lowest BCUT2D eigenvalue weighted by Gasteiger charge is -2.21. The zero-order valence-electron chi connectivity index (χ0n) is 63.2. The Hall–Kier alpha value is -3.18. The molecular weight excluding hydrogens is 1310 g/mol. The summed E-state index contributed by atoms with van der Waals surface area (Å²) in [6.45, 7) is 2.28. The Kier molecular flexibility index (Phi) is 74.5. The first-order valence-corrected chi connectivity index (χ1v) is 43.1. The number of aliphatic hydroxyl groups is 1. The van der Waals surface area contributed by atoms with E-state index in [2.05, 4.69) is 80.7 Å². The summed E-state index contributed by atoms with van der Waals surface area (Å²) in [7, 11) is -9.69. The fourth-order valence-electron chi connectivity index (χ4n) is 11.0. The Balaban J connectivity index is 5.24. The Bertz CT molecular complexity index is 2110. The molecule has 0 aromatic heterocycles. The number of aldehydes is 2. The highest BCUT2D eigenvalue weighted by molar-refractivity contribution is 7.47. The minimum absolute atomic E-state index is 0.0835. The van der Waals surface area contributed by atoms with Crippen LogP contribution < -0.4 is 0 Å². The lowest BCUT2D eigenvalue weighted by Crippen LogP contribution is -2.29. The van der Waals surface area contributed by atoms with Gasteiger partial charge < -0.3 is 43.4 Å². The van der Waals surface area contributed by atoms with Crippen LogP contribution in [0.2, 0.25) is 0 Å². The highest BCUT2D eigenvalue weighted by atomic mass is 31.2. The number of allylic oxidation sites excluding steroid dienone is 12. The van der Waals surface area contributed by atoms with Gasteiger partial charge in [-0.15, -0.1) is 0 Å². The Morgan fingerprint density at radius 1 is 0.330 bits per heavy atom. The Morgan fingerprint density at radius 2 is 0.640 bits per heavy atom. The van der Waals surface area contributed by atoms with Gasteiger partial charge in [-0.3, -0.25) is 27.7 Å². The summed E-state index contributed by atoms with van der Waals surface area (Å²) in [5.41, 5.74) is 0. The zero-order chi connectivity index (χ0) is 72.9. The first-order chi connectivity index (χ1) is 48.9. The quantitative estimate of drug-likeness (QED) is 0.0169. The maximum atomic E-state index is 13.1. The summed E-state index contributed by atoms with van der Waals surface area (Å²) in [4.78, 5) is 68.0. The number of phosphoric acid groups is 2. The molecule has 0 amide bonds. The van der Waals surface area contributed by atoms with Crippen LogP contribution in [-0.2, 0) is 65.4 Å². The summed E-state index contributed by atoms with van der Waals surface area (Å²) >= 11 is 0. The van der Waals surface area contributed by atoms with Crippen LogP contribution in [0.15, 0.2) is 72.9 Å². The van der Waals surface area contributed by atoms with Gasteiger partial charge in [0.1, 0.15) is 37.5 Å². The number of unbranched alkanes of at least 4 members (excludes halogenated alkanes) is 40. The summed E-state index contributed by atoms with van der Waals surface area (Å²) in [6, 6.07) is 0. The molecule has 0 saturated carbocycles. The minimum Gasteiger partial charge on any atom is -0.463 e. The van der Waals surface area contributed by atoms with E-state index in [0.29, 0.717) is 45.3 Å². The van der Waals surface area contributed by atoms with Gasteiger partial charge in [-0.25, -0.2) is 9.13 Å². The Labute approximate surface area is 609 Å². The van der Waals surface area contributed by atoms with E-state index < -0.39 is 66.4 Å². The molecule has 0 rings (SSSR count). The van der Waals surface area contributed by atoms with Crippen molar-refractivity contribution in [3.63, 3.8) is 0 Å². The van der Waals surface area contributed by atoms with E-state index in [1.165, 1.54) is 128 Å². The van der Waals surface area contributed by atoms with Crippen LogP contribution in [0.25, 0.3) is 0 Å². The molecule has 17 nitrogen and oxygen atoms in total.